The van der Waals surface area contributed by atoms with Gasteiger partial charge in [0.15, 0.2) is 0 Å². The Morgan fingerprint density at radius 1 is 1.07 bits per heavy atom. The van der Waals surface area contributed by atoms with E-state index in [9.17, 15) is 13.2 Å². The summed E-state index contributed by atoms with van der Waals surface area (Å²) in [4.78, 5) is 12.6. The Bertz CT molecular complexity index is 891. The summed E-state index contributed by atoms with van der Waals surface area (Å²) in [5.41, 5.74) is 2.08. The van der Waals surface area contributed by atoms with Crippen LogP contribution in [0.2, 0.25) is 0 Å². The molecule has 0 fully saturated rings. The molecular weight excluding hydrogens is 372 g/mol. The second kappa shape index (κ2) is 8.88. The van der Waals surface area contributed by atoms with Gasteiger partial charge in [-0.2, -0.15) is 4.31 Å². The van der Waals surface area contributed by atoms with Crippen LogP contribution in [0, 0.1) is 6.92 Å². The molecule has 0 spiro atoms. The van der Waals surface area contributed by atoms with Gasteiger partial charge in [0.05, 0.1) is 11.4 Å². The van der Waals surface area contributed by atoms with Crippen molar-refractivity contribution in [2.24, 2.45) is 0 Å². The van der Waals surface area contributed by atoms with E-state index in [2.05, 4.69) is 31.3 Å². The first-order chi connectivity index (χ1) is 13.0. The van der Waals surface area contributed by atoms with Gasteiger partial charge in [-0.05, 0) is 43.4 Å². The number of likely N-dealkylation sites (N-methyl/N-ethyl adjacent to an activating group) is 1. The molecule has 2 rings (SSSR count). The van der Waals surface area contributed by atoms with Crippen LogP contribution < -0.4 is 5.32 Å². The summed E-state index contributed by atoms with van der Waals surface area (Å²) >= 11 is 0. The van der Waals surface area contributed by atoms with Gasteiger partial charge in [0.25, 0.3) is 0 Å². The fourth-order valence-corrected chi connectivity index (χ4v) is 4.45. The number of hydrogen-bond donors (Lipinski definition) is 1. The van der Waals surface area contributed by atoms with Crippen LogP contribution in [0.15, 0.2) is 59.5 Å². The number of benzene rings is 2. The molecule has 0 aliphatic rings. The highest BCUT2D eigenvalue weighted by atomic mass is 32.2. The van der Waals surface area contributed by atoms with E-state index >= 15 is 0 Å². The van der Waals surface area contributed by atoms with Crippen molar-refractivity contribution >= 4 is 15.9 Å². The second-order valence-electron chi connectivity index (χ2n) is 8.00. The number of amides is 1. The third-order valence-electron chi connectivity index (χ3n) is 4.87. The third-order valence-corrected chi connectivity index (χ3v) is 6.69. The molecule has 0 heterocycles. The Balaban J connectivity index is 1.96. The first-order valence-electron chi connectivity index (χ1n) is 9.40. The van der Waals surface area contributed by atoms with E-state index < -0.39 is 10.0 Å². The average molecular weight is 403 g/mol. The topological polar surface area (TPSA) is 66.5 Å². The number of nitrogens with one attached hydrogen (secondary N) is 1. The number of rotatable bonds is 8. The second-order valence-corrected chi connectivity index (χ2v) is 10.0. The molecule has 5 nitrogen and oxygen atoms in total. The van der Waals surface area contributed by atoms with Crippen LogP contribution in [-0.2, 0) is 20.2 Å². The molecule has 0 radical (unpaired) electrons. The van der Waals surface area contributed by atoms with E-state index in [1.54, 1.807) is 24.3 Å². The number of sulfonamides is 1. The number of aryl methyl sites for hydroxylation is 1. The lowest BCUT2D eigenvalue weighted by Gasteiger charge is -2.29. The average Bonchev–Trinajstić information content (AvgIpc) is 2.62. The molecule has 1 unspecified atom stereocenters. The lowest BCUT2D eigenvalue weighted by Crippen LogP contribution is -2.43. The van der Waals surface area contributed by atoms with Crippen LogP contribution >= 0.6 is 0 Å². The van der Waals surface area contributed by atoms with Crippen molar-refractivity contribution in [2.45, 2.75) is 50.5 Å². The minimum atomic E-state index is -3.69. The van der Waals surface area contributed by atoms with Gasteiger partial charge in [0.2, 0.25) is 15.9 Å². The zero-order valence-electron chi connectivity index (χ0n) is 17.3. The highest BCUT2D eigenvalue weighted by Crippen LogP contribution is 2.28. The maximum Gasteiger partial charge on any atom is 0.243 e. The molecule has 2 aromatic carbocycles. The quantitative estimate of drug-likeness (QED) is 0.735. The molecule has 1 amide bonds. The van der Waals surface area contributed by atoms with Gasteiger partial charge in [-0.15, -0.1) is 0 Å². The molecule has 0 saturated carbocycles. The molecule has 0 aliphatic heterocycles. The standard InChI is InChI=1S/C22H30N2O3S/c1-17-11-13-20(14-12-17)28(26,27)24(5)16-21(25)23-18(2)15-22(3,4)19-9-7-6-8-10-19/h6-14,18H,15-16H2,1-5H3,(H,23,25). The Morgan fingerprint density at radius 3 is 2.21 bits per heavy atom. The Hall–Kier alpha value is -2.18. The van der Waals surface area contributed by atoms with E-state index in [4.69, 9.17) is 0 Å². The van der Waals surface area contributed by atoms with E-state index in [-0.39, 0.29) is 28.8 Å². The fraction of sp³-hybridized carbons (Fsp3) is 0.409. The lowest BCUT2D eigenvalue weighted by molar-refractivity contribution is -0.121. The zero-order valence-corrected chi connectivity index (χ0v) is 18.1. The molecule has 0 aliphatic carbocycles. The van der Waals surface area contributed by atoms with Gasteiger partial charge in [0.1, 0.15) is 0 Å². The van der Waals surface area contributed by atoms with Crippen molar-refractivity contribution in [2.75, 3.05) is 13.6 Å². The molecular formula is C22H30N2O3S. The molecule has 152 valence electrons. The van der Waals surface area contributed by atoms with E-state index in [1.807, 2.05) is 32.0 Å². The van der Waals surface area contributed by atoms with Gasteiger partial charge in [-0.25, -0.2) is 8.42 Å². The number of carbonyl (C=O) groups excluding carboxylic acids is 1. The largest absolute Gasteiger partial charge is 0.352 e. The van der Waals surface area contributed by atoms with Gasteiger partial charge in [-0.1, -0.05) is 61.9 Å². The van der Waals surface area contributed by atoms with Crippen LogP contribution in [-0.4, -0.2) is 38.3 Å². The molecule has 1 N–H and O–H groups in total. The summed E-state index contributed by atoms with van der Waals surface area (Å²) in [6.07, 6.45) is 0.747. The monoisotopic (exact) mass is 402 g/mol. The SMILES string of the molecule is Cc1ccc(S(=O)(=O)N(C)CC(=O)NC(C)CC(C)(C)c2ccccc2)cc1. The molecule has 0 saturated heterocycles. The van der Waals surface area contributed by atoms with Crippen molar-refractivity contribution < 1.29 is 13.2 Å². The van der Waals surface area contributed by atoms with Crippen LogP contribution in [0.25, 0.3) is 0 Å². The molecule has 0 aromatic heterocycles. The smallest absolute Gasteiger partial charge is 0.243 e. The summed E-state index contributed by atoms with van der Waals surface area (Å²) < 4.78 is 26.3. The maximum absolute atomic E-state index is 12.6. The van der Waals surface area contributed by atoms with Crippen molar-refractivity contribution in [1.82, 2.24) is 9.62 Å². The van der Waals surface area contributed by atoms with Crippen LogP contribution in [0.1, 0.15) is 38.3 Å². The molecule has 1 atom stereocenters. The van der Waals surface area contributed by atoms with Gasteiger partial charge >= 0.3 is 0 Å². The number of carbonyl (C=O) groups is 1. The van der Waals surface area contributed by atoms with E-state index in [0.29, 0.717) is 0 Å². The number of hydrogen-bond acceptors (Lipinski definition) is 3. The first kappa shape index (κ1) is 22.1. The van der Waals surface area contributed by atoms with Gasteiger partial charge < -0.3 is 5.32 Å². The number of nitrogens with zero attached hydrogens (tertiary/aromatic N) is 1. The van der Waals surface area contributed by atoms with Crippen molar-refractivity contribution in [3.63, 3.8) is 0 Å². The van der Waals surface area contributed by atoms with Gasteiger partial charge in [-0.3, -0.25) is 4.79 Å². The highest BCUT2D eigenvalue weighted by molar-refractivity contribution is 7.89. The predicted molar refractivity (Wildman–Crippen MR) is 113 cm³/mol. The van der Waals surface area contributed by atoms with E-state index in [0.717, 1.165) is 16.3 Å². The fourth-order valence-electron chi connectivity index (χ4n) is 3.32. The van der Waals surface area contributed by atoms with Crippen LogP contribution in [0.3, 0.4) is 0 Å². The molecule has 28 heavy (non-hydrogen) atoms. The Morgan fingerprint density at radius 2 is 1.64 bits per heavy atom. The van der Waals surface area contributed by atoms with Crippen molar-refractivity contribution in [3.05, 3.63) is 65.7 Å². The van der Waals surface area contributed by atoms with Crippen molar-refractivity contribution in [3.8, 4) is 0 Å². The highest BCUT2D eigenvalue weighted by Gasteiger charge is 2.26. The van der Waals surface area contributed by atoms with Crippen LogP contribution in [0.5, 0.6) is 0 Å². The predicted octanol–water partition coefficient (Wildman–Crippen LogP) is 3.49. The van der Waals surface area contributed by atoms with Crippen molar-refractivity contribution in [1.29, 1.82) is 0 Å². The van der Waals surface area contributed by atoms with Crippen LogP contribution in [0.4, 0.5) is 0 Å². The minimum absolute atomic E-state index is 0.0850. The maximum atomic E-state index is 12.6. The minimum Gasteiger partial charge on any atom is -0.352 e. The zero-order chi connectivity index (χ0) is 20.9. The van der Waals surface area contributed by atoms with E-state index in [1.165, 1.54) is 12.6 Å². The molecule has 6 heteroatoms. The third kappa shape index (κ3) is 5.66. The Kier molecular flexibility index (Phi) is 7.01. The lowest BCUT2D eigenvalue weighted by atomic mass is 9.79. The normalized spacial score (nSPS) is 13.4. The Labute approximate surface area is 168 Å². The summed E-state index contributed by atoms with van der Waals surface area (Å²) in [5.74, 6) is -0.311. The molecule has 0 bridgehead atoms. The summed E-state index contributed by atoms with van der Waals surface area (Å²) in [7, 11) is -2.27. The molecule has 2 aromatic rings. The summed E-state index contributed by atoms with van der Waals surface area (Å²) in [6, 6.07) is 16.7. The summed E-state index contributed by atoms with van der Waals surface area (Å²) in [5, 5.41) is 2.92. The summed E-state index contributed by atoms with van der Waals surface area (Å²) in [6.45, 7) is 7.90. The first-order valence-corrected chi connectivity index (χ1v) is 10.8. The van der Waals surface area contributed by atoms with Gasteiger partial charge in [0, 0.05) is 13.1 Å².